The van der Waals surface area contributed by atoms with Crippen molar-refractivity contribution < 1.29 is 9.53 Å². The molecule has 33 heavy (non-hydrogen) atoms. The third kappa shape index (κ3) is 9.66. The van der Waals surface area contributed by atoms with E-state index in [2.05, 4.69) is 73.6 Å². The summed E-state index contributed by atoms with van der Waals surface area (Å²) >= 11 is -2.49. The summed E-state index contributed by atoms with van der Waals surface area (Å²) in [6.07, 6.45) is 9.95. The van der Waals surface area contributed by atoms with Gasteiger partial charge in [-0.05, 0) is 0 Å². The Morgan fingerprint density at radius 2 is 1.30 bits per heavy atom. The van der Waals surface area contributed by atoms with Crippen molar-refractivity contribution in [2.75, 3.05) is 0 Å². The zero-order valence-corrected chi connectivity index (χ0v) is 25.7. The van der Waals surface area contributed by atoms with Gasteiger partial charge in [-0.25, -0.2) is 0 Å². The van der Waals surface area contributed by atoms with Crippen LogP contribution in [0, 0.1) is 0 Å². The molecule has 0 N–H and O–H groups in total. The Balaban J connectivity index is 3.41. The normalized spacial score (nSPS) is 13.5. The molecule has 1 aromatic rings. The van der Waals surface area contributed by atoms with Crippen molar-refractivity contribution >= 4 is 30.2 Å². The van der Waals surface area contributed by atoms with Gasteiger partial charge < -0.3 is 0 Å². The number of carbonyl (C=O) groups excluding carboxylic acids is 1. The van der Waals surface area contributed by atoms with Crippen molar-refractivity contribution in [1.29, 1.82) is 0 Å². The molecule has 0 aromatic heterocycles. The van der Waals surface area contributed by atoms with E-state index in [0.29, 0.717) is 3.93 Å². The number of unbranched alkanes of at least 4 members (excludes halogenated alkanes) is 3. The van der Waals surface area contributed by atoms with Crippen LogP contribution in [-0.2, 0) is 4.74 Å². The van der Waals surface area contributed by atoms with Crippen LogP contribution in [0.5, 0.6) is 0 Å². The van der Waals surface area contributed by atoms with E-state index in [1.807, 2.05) is 23.1 Å². The van der Waals surface area contributed by atoms with E-state index in [-0.39, 0.29) is 18.2 Å². The van der Waals surface area contributed by atoms with Gasteiger partial charge in [0.25, 0.3) is 0 Å². The van der Waals surface area contributed by atoms with Gasteiger partial charge in [-0.15, -0.1) is 0 Å². The van der Waals surface area contributed by atoms with Crippen molar-refractivity contribution in [3.05, 3.63) is 42.0 Å². The first-order valence-electron chi connectivity index (χ1n) is 13.5. The molecular formula is C29H51NO2Sn. The Labute approximate surface area is 209 Å². The Morgan fingerprint density at radius 1 is 0.848 bits per heavy atom. The molecule has 4 heteroatoms. The van der Waals surface area contributed by atoms with Crippen molar-refractivity contribution in [3.8, 4) is 0 Å². The molecule has 0 aliphatic rings. The van der Waals surface area contributed by atoms with Gasteiger partial charge in [-0.3, -0.25) is 0 Å². The molecule has 1 aromatic carbocycles. The first-order chi connectivity index (χ1) is 15.7. The van der Waals surface area contributed by atoms with Crippen LogP contribution in [0.2, 0.25) is 17.2 Å². The van der Waals surface area contributed by atoms with Crippen molar-refractivity contribution in [2.24, 2.45) is 0 Å². The van der Waals surface area contributed by atoms with Crippen LogP contribution in [0.25, 0.3) is 5.76 Å². The molecule has 3 nitrogen and oxygen atoms in total. The van der Waals surface area contributed by atoms with Crippen molar-refractivity contribution in [3.63, 3.8) is 0 Å². The number of rotatable bonds is 15. The summed E-state index contributed by atoms with van der Waals surface area (Å²) in [5, 5.41) is 0. The second-order valence-corrected chi connectivity index (χ2v) is 25.0. The molecule has 0 saturated heterocycles. The fraction of sp³-hybridized carbons (Fsp3) is 0.690. The summed E-state index contributed by atoms with van der Waals surface area (Å²) in [6, 6.07) is 10.4. The van der Waals surface area contributed by atoms with Crippen LogP contribution in [0.4, 0.5) is 4.79 Å². The van der Waals surface area contributed by atoms with Crippen LogP contribution >= 0.6 is 0 Å². The molecule has 0 spiro atoms. The molecule has 0 bridgehead atoms. The molecule has 0 aliphatic heterocycles. The number of nitrogens with zero attached hydrogens (tertiary/aromatic N) is 1. The molecule has 1 atom stereocenters. The molecule has 0 saturated carbocycles. The topological polar surface area (TPSA) is 29.5 Å². The first kappa shape index (κ1) is 30.1. The van der Waals surface area contributed by atoms with Crippen LogP contribution < -0.4 is 0 Å². The molecule has 1 amide bonds. The Hall–Kier alpha value is -0.971. The fourth-order valence-corrected chi connectivity index (χ4v) is 21.5. The van der Waals surface area contributed by atoms with Gasteiger partial charge in [-0.1, -0.05) is 0 Å². The number of amides is 1. The summed E-state index contributed by atoms with van der Waals surface area (Å²) < 4.78 is 11.1. The average molecular weight is 564 g/mol. The Morgan fingerprint density at radius 3 is 1.70 bits per heavy atom. The molecule has 0 radical (unpaired) electrons. The third-order valence-corrected chi connectivity index (χ3v) is 24.6. The van der Waals surface area contributed by atoms with E-state index in [9.17, 15) is 4.79 Å². The van der Waals surface area contributed by atoms with Crippen LogP contribution in [0.1, 0.15) is 99.5 Å². The number of benzene rings is 1. The first-order valence-corrected chi connectivity index (χ1v) is 21.2. The molecule has 0 unspecified atom stereocenters. The maximum absolute atomic E-state index is 13.2. The maximum atomic E-state index is 13.2. The summed E-state index contributed by atoms with van der Waals surface area (Å²) in [6.45, 7) is 17.6. The predicted molar refractivity (Wildman–Crippen MR) is 147 cm³/mol. The van der Waals surface area contributed by atoms with Crippen molar-refractivity contribution in [1.82, 2.24) is 4.90 Å². The molecule has 1 rings (SSSR count). The summed E-state index contributed by atoms with van der Waals surface area (Å²) in [5.41, 5.74) is 1.01. The minimum atomic E-state index is -2.49. The summed E-state index contributed by atoms with van der Waals surface area (Å²) in [5.74, 6) is 0.755. The molecule has 0 aliphatic carbocycles. The van der Waals surface area contributed by atoms with Crippen LogP contribution in [0.15, 0.2) is 36.4 Å². The fourth-order valence-electron chi connectivity index (χ4n) is 5.00. The van der Waals surface area contributed by atoms with Crippen LogP contribution in [-0.4, -0.2) is 41.5 Å². The van der Waals surface area contributed by atoms with E-state index >= 15 is 0 Å². The van der Waals surface area contributed by atoms with Gasteiger partial charge in [-0.2, -0.15) is 0 Å². The van der Waals surface area contributed by atoms with Gasteiger partial charge in [0.15, 0.2) is 0 Å². The SMILES string of the molecule is CCC[CH2][Sn]([CH2]CCC)([CH2]CCC)[C@H](C)/C=C(\OC(=O)N(C(C)C)C(C)C)c1ccccc1. The molecule has 0 heterocycles. The van der Waals surface area contributed by atoms with Gasteiger partial charge in [0.2, 0.25) is 0 Å². The second kappa shape index (κ2) is 15.8. The number of hydrogen-bond acceptors (Lipinski definition) is 2. The van der Waals surface area contributed by atoms with E-state index in [4.69, 9.17) is 4.74 Å². The van der Waals surface area contributed by atoms with E-state index in [0.717, 1.165) is 11.3 Å². The monoisotopic (exact) mass is 565 g/mol. The number of hydrogen-bond donors (Lipinski definition) is 0. The van der Waals surface area contributed by atoms with Gasteiger partial charge in [0, 0.05) is 0 Å². The predicted octanol–water partition coefficient (Wildman–Crippen LogP) is 9.52. The molecular weight excluding hydrogens is 513 g/mol. The Kier molecular flexibility index (Phi) is 14.4. The van der Waals surface area contributed by atoms with Gasteiger partial charge in [0.05, 0.1) is 0 Å². The summed E-state index contributed by atoms with van der Waals surface area (Å²) in [7, 11) is 0. The van der Waals surface area contributed by atoms with Crippen molar-refractivity contribution in [2.45, 2.75) is 123 Å². The average Bonchev–Trinajstić information content (AvgIpc) is 2.78. The summed E-state index contributed by atoms with van der Waals surface area (Å²) in [4.78, 5) is 15.1. The second-order valence-electron chi connectivity index (χ2n) is 10.3. The third-order valence-electron chi connectivity index (χ3n) is 7.03. The molecule has 188 valence electrons. The van der Waals surface area contributed by atoms with E-state index < -0.39 is 18.4 Å². The number of carbonyl (C=O) groups is 1. The van der Waals surface area contributed by atoms with Crippen LogP contribution in [0.3, 0.4) is 0 Å². The zero-order valence-electron chi connectivity index (χ0n) is 22.8. The standard InChI is InChI=1S/C17H24NO2.3C4H9.Sn/c1-6-10-16(15-11-8-7-9-12-15)20-17(19)18(13(2)3)14(4)5;3*1-3-4-2;/h6-14H,1-5H3;3*1,3-4H2,2H3;/b16-10-;;;;. The molecule has 0 fully saturated rings. The quantitative estimate of drug-likeness (QED) is 0.157. The number of allylic oxidation sites excluding steroid dienone is 1. The van der Waals surface area contributed by atoms with E-state index in [1.54, 1.807) is 0 Å². The minimum absolute atomic E-state index is 0.101. The van der Waals surface area contributed by atoms with Gasteiger partial charge in [0.1, 0.15) is 0 Å². The Bertz CT molecular complexity index is 669. The zero-order chi connectivity index (χ0) is 24.9. The number of ether oxygens (including phenoxy) is 1. The van der Waals surface area contributed by atoms with Gasteiger partial charge >= 0.3 is 210 Å². The van der Waals surface area contributed by atoms with E-state index in [1.165, 1.54) is 51.8 Å².